The van der Waals surface area contributed by atoms with Crippen LogP contribution in [0.25, 0.3) is 11.0 Å². The smallest absolute Gasteiger partial charge is 0.347 e. The van der Waals surface area contributed by atoms with E-state index in [9.17, 15) is 29.1 Å². The van der Waals surface area contributed by atoms with Crippen LogP contribution in [0.5, 0.6) is 28.7 Å². The van der Waals surface area contributed by atoms with E-state index in [-0.39, 0.29) is 48.7 Å². The Morgan fingerprint density at radius 1 is 0.875 bits per heavy atom. The average Bonchev–Trinajstić information content (AvgIpc) is 3.57. The molecule has 0 spiro atoms. The van der Waals surface area contributed by atoms with Crippen molar-refractivity contribution >= 4 is 28.5 Å². The van der Waals surface area contributed by atoms with Gasteiger partial charge in [-0.05, 0) is 31.1 Å². The molecule has 1 saturated carbocycles. The first-order valence-corrected chi connectivity index (χ1v) is 18.0. The minimum atomic E-state index is -1.43. The Balaban J connectivity index is 1.23. The number of carbonyl (C=O) groups is 2. The number of aryl methyl sites for hydroxylation is 2. The number of rotatable bonds is 9. The number of aromatic nitrogens is 5. The van der Waals surface area contributed by atoms with E-state index in [1.807, 2.05) is 0 Å². The number of ether oxygens (including phenoxy) is 4. The number of carbonyl (C=O) groups excluding carboxylic acids is 2. The van der Waals surface area contributed by atoms with Gasteiger partial charge in [0.1, 0.15) is 22.9 Å². The first kappa shape index (κ1) is 36.4. The van der Waals surface area contributed by atoms with E-state index >= 15 is 0 Å². The van der Waals surface area contributed by atoms with Crippen LogP contribution in [0.4, 0.5) is 5.69 Å². The standard InChI is InChI=1S/C40H40N6O10/c1-40-24(35(48)45(37(40)50)21-10-8-7-9-11-21)18-27-23(34(40)33-29(47)16-22(53-3)17-32(33)56-6)12-15-44-38(51)43(39(52)46(27)44)14-13-25-36(49)42(2)28-20-31(55-5)30(54-4)19-26(28)41-25/h7-12,16-17,19-20,24,27,34,47H,13-15,18H2,1-6H3/t24-,27+,34+,40+/m0/s1. The summed E-state index contributed by atoms with van der Waals surface area (Å²) in [4.78, 5) is 76.8. The quantitative estimate of drug-likeness (QED) is 0.172. The number of allylic oxidation sites excluding steroid dienone is 2. The summed E-state index contributed by atoms with van der Waals surface area (Å²) in [6.45, 7) is 1.51. The van der Waals surface area contributed by atoms with E-state index in [4.69, 9.17) is 18.9 Å². The summed E-state index contributed by atoms with van der Waals surface area (Å²) in [6, 6.07) is 14.1. The predicted octanol–water partition coefficient (Wildman–Crippen LogP) is 2.91. The summed E-state index contributed by atoms with van der Waals surface area (Å²) in [7, 11) is 7.46. The van der Waals surface area contributed by atoms with Crippen molar-refractivity contribution in [3.63, 3.8) is 0 Å². The highest BCUT2D eigenvalue weighted by Gasteiger charge is 2.66. The van der Waals surface area contributed by atoms with Gasteiger partial charge in [0.15, 0.2) is 11.5 Å². The minimum absolute atomic E-state index is 0.0212. The van der Waals surface area contributed by atoms with Gasteiger partial charge < -0.3 is 28.6 Å². The van der Waals surface area contributed by atoms with Gasteiger partial charge >= 0.3 is 11.4 Å². The lowest BCUT2D eigenvalue weighted by Gasteiger charge is -2.47. The van der Waals surface area contributed by atoms with E-state index in [2.05, 4.69) is 4.98 Å². The number of anilines is 1. The van der Waals surface area contributed by atoms with Gasteiger partial charge in [-0.2, -0.15) is 0 Å². The number of aromatic hydroxyl groups is 1. The van der Waals surface area contributed by atoms with Crippen molar-refractivity contribution in [3.8, 4) is 28.7 Å². The Kier molecular flexibility index (Phi) is 8.66. The highest BCUT2D eigenvalue weighted by atomic mass is 16.5. The third-order valence-electron chi connectivity index (χ3n) is 11.7. The molecule has 4 heterocycles. The fraction of sp³-hybridized carbons (Fsp3) is 0.350. The molecule has 2 fully saturated rings. The first-order chi connectivity index (χ1) is 26.9. The van der Waals surface area contributed by atoms with Crippen molar-refractivity contribution in [3.05, 3.63) is 109 Å². The fourth-order valence-electron chi connectivity index (χ4n) is 8.90. The maximum atomic E-state index is 14.7. The summed E-state index contributed by atoms with van der Waals surface area (Å²) >= 11 is 0. The molecule has 2 amide bonds. The van der Waals surface area contributed by atoms with Crippen LogP contribution in [0.3, 0.4) is 0 Å². The number of hydrogen-bond acceptors (Lipinski definition) is 11. The second-order valence-corrected chi connectivity index (χ2v) is 14.3. The van der Waals surface area contributed by atoms with Crippen LogP contribution in [0, 0.1) is 11.3 Å². The molecular weight excluding hydrogens is 724 g/mol. The second-order valence-electron chi connectivity index (χ2n) is 14.3. The third-order valence-corrected chi connectivity index (χ3v) is 11.7. The maximum absolute atomic E-state index is 14.7. The summed E-state index contributed by atoms with van der Waals surface area (Å²) in [6.07, 6.45) is 1.77. The van der Waals surface area contributed by atoms with Crippen molar-refractivity contribution in [1.29, 1.82) is 0 Å². The lowest BCUT2D eigenvalue weighted by molar-refractivity contribution is -0.129. The molecule has 1 saturated heterocycles. The van der Waals surface area contributed by atoms with Gasteiger partial charge in [0.2, 0.25) is 11.8 Å². The van der Waals surface area contributed by atoms with E-state index in [0.717, 1.165) is 4.57 Å². The normalized spacial score (nSPS) is 21.4. The molecule has 1 aliphatic carbocycles. The molecule has 0 bridgehead atoms. The van der Waals surface area contributed by atoms with E-state index in [0.29, 0.717) is 39.5 Å². The van der Waals surface area contributed by atoms with Crippen molar-refractivity contribution < 1.29 is 33.6 Å². The summed E-state index contributed by atoms with van der Waals surface area (Å²) in [5, 5.41) is 11.6. The second kappa shape index (κ2) is 13.3. The zero-order valence-corrected chi connectivity index (χ0v) is 31.6. The topological polar surface area (TPSA) is 178 Å². The lowest BCUT2D eigenvalue weighted by atomic mass is 9.56. The molecule has 56 heavy (non-hydrogen) atoms. The van der Waals surface area contributed by atoms with Crippen molar-refractivity contribution in [2.45, 2.75) is 44.8 Å². The van der Waals surface area contributed by atoms with Gasteiger partial charge in [0.25, 0.3) is 5.56 Å². The molecule has 8 rings (SSSR count). The van der Waals surface area contributed by atoms with Crippen LogP contribution in [-0.4, -0.2) is 68.8 Å². The van der Waals surface area contributed by atoms with Crippen LogP contribution >= 0.6 is 0 Å². The molecule has 290 valence electrons. The highest BCUT2D eigenvalue weighted by molar-refractivity contribution is 6.24. The summed E-state index contributed by atoms with van der Waals surface area (Å²) in [5.74, 6) is -1.69. The molecule has 3 aliphatic rings. The van der Waals surface area contributed by atoms with Gasteiger partial charge in [-0.15, -0.1) is 0 Å². The molecule has 16 heteroatoms. The molecular formula is C40H40N6O10. The van der Waals surface area contributed by atoms with Gasteiger partial charge in [-0.1, -0.05) is 24.3 Å². The number of nitrogens with zero attached hydrogens (tertiary/aromatic N) is 6. The number of amides is 2. The molecule has 0 unspecified atom stereocenters. The van der Waals surface area contributed by atoms with Crippen LogP contribution < -0.4 is 40.8 Å². The molecule has 2 aliphatic heterocycles. The lowest BCUT2D eigenvalue weighted by Crippen LogP contribution is -2.49. The Morgan fingerprint density at radius 2 is 1.57 bits per heavy atom. The number of hydrogen-bond donors (Lipinski definition) is 1. The van der Waals surface area contributed by atoms with Crippen LogP contribution in [0.15, 0.2) is 80.6 Å². The number of phenols is 1. The zero-order chi connectivity index (χ0) is 39.8. The Labute approximate surface area is 319 Å². The molecule has 4 atom stereocenters. The SMILES string of the molecule is COc1cc(O)c([C@H]2C3=CCn4c(=O)n(CCc5nc6cc(OC)c(OC)cc6n(C)c5=O)c(=O)n4[C@@H]3C[C@H]3C(=O)N(c4ccccc4)C(=O)[C@@]23C)c(OC)c1. The van der Waals surface area contributed by atoms with E-state index in [1.54, 1.807) is 68.6 Å². The minimum Gasteiger partial charge on any atom is -0.507 e. The van der Waals surface area contributed by atoms with Crippen molar-refractivity contribution in [2.24, 2.45) is 18.4 Å². The number of para-hydroxylation sites is 1. The van der Waals surface area contributed by atoms with Crippen LogP contribution in [0.1, 0.15) is 36.6 Å². The predicted molar refractivity (Wildman–Crippen MR) is 203 cm³/mol. The third kappa shape index (κ3) is 5.11. The van der Waals surface area contributed by atoms with Crippen molar-refractivity contribution in [2.75, 3.05) is 33.3 Å². The first-order valence-electron chi connectivity index (χ1n) is 18.0. The molecule has 1 N–H and O–H groups in total. The Bertz CT molecular complexity index is 2670. The van der Waals surface area contributed by atoms with Gasteiger partial charge in [-0.3, -0.25) is 14.4 Å². The Hall–Kier alpha value is -6.58. The van der Waals surface area contributed by atoms with Crippen molar-refractivity contribution in [1.82, 2.24) is 23.5 Å². The zero-order valence-electron chi connectivity index (χ0n) is 31.6. The van der Waals surface area contributed by atoms with Crippen LogP contribution in [-0.2, 0) is 36.1 Å². The monoisotopic (exact) mass is 764 g/mol. The van der Waals surface area contributed by atoms with Gasteiger partial charge in [0, 0.05) is 55.8 Å². The molecule has 0 radical (unpaired) electrons. The highest BCUT2D eigenvalue weighted by Crippen LogP contribution is 2.63. The van der Waals surface area contributed by atoms with E-state index in [1.165, 1.54) is 53.3 Å². The Morgan fingerprint density at radius 3 is 2.25 bits per heavy atom. The van der Waals surface area contributed by atoms with Gasteiger partial charge in [0.05, 0.1) is 69.1 Å². The number of phenolic OH excluding ortho intramolecular Hbond substituents is 1. The molecule has 5 aromatic rings. The molecule has 3 aromatic carbocycles. The molecule has 16 nitrogen and oxygen atoms in total. The largest absolute Gasteiger partial charge is 0.507 e. The van der Waals surface area contributed by atoms with E-state index < -0.39 is 52.0 Å². The summed E-state index contributed by atoms with van der Waals surface area (Å²) < 4.78 is 27.1. The number of fused-ring (bicyclic) bond motifs is 5. The maximum Gasteiger partial charge on any atom is 0.347 e. The number of benzene rings is 3. The molecule has 2 aromatic heterocycles. The van der Waals surface area contributed by atoms with Gasteiger partial charge in [-0.25, -0.2) is 33.4 Å². The average molecular weight is 765 g/mol. The number of methoxy groups -OCH3 is 4. The fourth-order valence-corrected chi connectivity index (χ4v) is 8.90. The van der Waals surface area contributed by atoms with Crippen LogP contribution in [0.2, 0.25) is 0 Å². The number of imide groups is 1. The summed E-state index contributed by atoms with van der Waals surface area (Å²) in [5.41, 5.74) is -0.764.